The van der Waals surface area contributed by atoms with Gasteiger partial charge in [-0.2, -0.15) is 5.10 Å². The number of nitrogens with one attached hydrogen (secondary N) is 1. The molecule has 2 saturated carbocycles. The van der Waals surface area contributed by atoms with Crippen molar-refractivity contribution in [3.8, 4) is 0 Å². The fourth-order valence-electron chi connectivity index (χ4n) is 4.30. The minimum Gasteiger partial charge on any atom is -0.349 e. The molecule has 0 radical (unpaired) electrons. The highest BCUT2D eigenvalue weighted by Gasteiger charge is 2.58. The van der Waals surface area contributed by atoms with Crippen LogP contribution in [0.3, 0.4) is 0 Å². The monoisotopic (exact) mass is 329 g/mol. The van der Waals surface area contributed by atoms with E-state index in [1.54, 1.807) is 24.3 Å². The molecule has 1 aromatic heterocycles. The molecule has 4 nitrogen and oxygen atoms in total. The molecule has 3 unspecified atom stereocenters. The van der Waals surface area contributed by atoms with Gasteiger partial charge < -0.3 is 5.32 Å². The summed E-state index contributed by atoms with van der Waals surface area (Å²) in [5.74, 6) is 2.05. The van der Waals surface area contributed by atoms with E-state index in [0.29, 0.717) is 22.5 Å². The van der Waals surface area contributed by atoms with Crippen LogP contribution in [-0.2, 0) is 0 Å². The Hall–Kier alpha value is -1.81. The Balaban J connectivity index is 1.33. The Morgan fingerprint density at radius 3 is 2.61 bits per heavy atom. The average Bonchev–Trinajstić information content (AvgIpc) is 2.96. The second-order valence-electron chi connectivity index (χ2n) is 6.79. The van der Waals surface area contributed by atoms with E-state index in [4.69, 9.17) is 11.6 Å². The van der Waals surface area contributed by atoms with Crippen molar-refractivity contribution in [3.63, 3.8) is 0 Å². The number of aromatic nitrogens is 2. The smallest absolute Gasteiger partial charge is 0.251 e. The summed E-state index contributed by atoms with van der Waals surface area (Å²) >= 11 is 5.86. The molecule has 0 saturated heterocycles. The summed E-state index contributed by atoms with van der Waals surface area (Å²) in [5.41, 5.74) is 0.668. The van der Waals surface area contributed by atoms with Gasteiger partial charge in [-0.15, -0.1) is 0 Å². The molecule has 23 heavy (non-hydrogen) atoms. The number of benzene rings is 1. The van der Waals surface area contributed by atoms with E-state index in [2.05, 4.69) is 28.2 Å². The largest absolute Gasteiger partial charge is 0.349 e. The maximum absolute atomic E-state index is 12.3. The Labute approximate surface area is 140 Å². The predicted octanol–water partition coefficient (Wildman–Crippen LogP) is 3.55. The molecular formula is C18H20ClN3O. The van der Waals surface area contributed by atoms with Gasteiger partial charge in [0.15, 0.2) is 0 Å². The van der Waals surface area contributed by atoms with Gasteiger partial charge in [0.25, 0.3) is 5.91 Å². The number of amides is 1. The summed E-state index contributed by atoms with van der Waals surface area (Å²) in [6, 6.07) is 9.78. The third-order valence-corrected chi connectivity index (χ3v) is 5.68. The summed E-state index contributed by atoms with van der Waals surface area (Å²) in [6.07, 6.45) is 6.25. The Morgan fingerprint density at radius 2 is 2.00 bits per heavy atom. The van der Waals surface area contributed by atoms with Gasteiger partial charge in [0.05, 0.1) is 6.04 Å². The number of carbonyl (C=O) groups excluding carboxylic acids is 1. The van der Waals surface area contributed by atoms with Crippen LogP contribution in [0.5, 0.6) is 0 Å². The molecule has 1 N–H and O–H groups in total. The van der Waals surface area contributed by atoms with E-state index in [-0.39, 0.29) is 11.9 Å². The van der Waals surface area contributed by atoms with E-state index in [1.807, 2.05) is 12.3 Å². The van der Waals surface area contributed by atoms with E-state index < -0.39 is 0 Å². The van der Waals surface area contributed by atoms with Gasteiger partial charge in [0.2, 0.25) is 0 Å². The van der Waals surface area contributed by atoms with Crippen LogP contribution in [0.4, 0.5) is 0 Å². The summed E-state index contributed by atoms with van der Waals surface area (Å²) in [6.45, 7) is 2.12. The molecule has 1 heterocycles. The highest BCUT2D eigenvalue weighted by atomic mass is 35.5. The van der Waals surface area contributed by atoms with Gasteiger partial charge in [-0.1, -0.05) is 11.6 Å². The lowest BCUT2D eigenvalue weighted by molar-refractivity contribution is 0.0932. The molecule has 120 valence electrons. The first-order valence-corrected chi connectivity index (χ1v) is 8.57. The summed E-state index contributed by atoms with van der Waals surface area (Å²) < 4.78 is 2.08. The second kappa shape index (κ2) is 5.68. The third-order valence-electron chi connectivity index (χ3n) is 5.43. The number of carbonyl (C=O) groups is 1. The standard InChI is InChI=1S/C18H20ClN3O/c1-11(21-18(23)12-3-5-13(19)6-4-12)17-15-9-14(10-16(15)17)22-8-2-7-20-22/h2-8,11,14-17H,9-10H2,1H3,(H,21,23)/t11?,14?,15-,16+,17?. The lowest BCUT2D eigenvalue weighted by Gasteiger charge is -2.19. The maximum Gasteiger partial charge on any atom is 0.251 e. The zero-order valence-electron chi connectivity index (χ0n) is 13.0. The molecule has 2 aliphatic rings. The molecule has 0 bridgehead atoms. The zero-order valence-corrected chi connectivity index (χ0v) is 13.8. The van der Waals surface area contributed by atoms with Crippen molar-refractivity contribution >= 4 is 17.5 Å². The van der Waals surface area contributed by atoms with Gasteiger partial charge >= 0.3 is 0 Å². The lowest BCUT2D eigenvalue weighted by Crippen LogP contribution is -2.35. The number of rotatable bonds is 4. The fourth-order valence-corrected chi connectivity index (χ4v) is 4.43. The highest BCUT2D eigenvalue weighted by Crippen LogP contribution is 2.62. The average molecular weight is 330 g/mol. The highest BCUT2D eigenvalue weighted by molar-refractivity contribution is 6.30. The van der Waals surface area contributed by atoms with E-state index in [9.17, 15) is 4.79 Å². The van der Waals surface area contributed by atoms with Crippen LogP contribution in [-0.4, -0.2) is 21.7 Å². The first-order valence-electron chi connectivity index (χ1n) is 8.19. The van der Waals surface area contributed by atoms with Crippen molar-refractivity contribution in [3.05, 3.63) is 53.3 Å². The van der Waals surface area contributed by atoms with Crippen molar-refractivity contribution in [1.82, 2.24) is 15.1 Å². The van der Waals surface area contributed by atoms with Crippen molar-refractivity contribution in [2.75, 3.05) is 0 Å². The Morgan fingerprint density at radius 1 is 1.30 bits per heavy atom. The minimum absolute atomic E-state index is 0.0113. The van der Waals surface area contributed by atoms with Gasteiger partial charge in [0.1, 0.15) is 0 Å². The summed E-state index contributed by atoms with van der Waals surface area (Å²) in [7, 11) is 0. The molecule has 2 aromatic rings. The molecule has 5 heteroatoms. The molecule has 4 rings (SSSR count). The molecule has 2 aliphatic carbocycles. The van der Waals surface area contributed by atoms with Crippen LogP contribution in [0.2, 0.25) is 5.02 Å². The van der Waals surface area contributed by atoms with Crippen LogP contribution in [0.1, 0.15) is 36.2 Å². The number of hydrogen-bond acceptors (Lipinski definition) is 2. The number of nitrogens with zero attached hydrogens (tertiary/aromatic N) is 2. The van der Waals surface area contributed by atoms with E-state index >= 15 is 0 Å². The fraction of sp³-hybridized carbons (Fsp3) is 0.444. The van der Waals surface area contributed by atoms with Gasteiger partial charge in [0, 0.05) is 29.0 Å². The van der Waals surface area contributed by atoms with Crippen LogP contribution in [0, 0.1) is 17.8 Å². The van der Waals surface area contributed by atoms with Crippen molar-refractivity contribution in [2.45, 2.75) is 31.8 Å². The van der Waals surface area contributed by atoms with Crippen LogP contribution in [0.25, 0.3) is 0 Å². The normalized spacial score (nSPS) is 29.8. The van der Waals surface area contributed by atoms with E-state index in [0.717, 1.165) is 11.8 Å². The molecule has 5 atom stereocenters. The first-order chi connectivity index (χ1) is 11.1. The molecule has 2 fully saturated rings. The third kappa shape index (κ3) is 2.76. The van der Waals surface area contributed by atoms with E-state index in [1.165, 1.54) is 12.8 Å². The Kier molecular flexibility index (Phi) is 3.64. The number of fused-ring (bicyclic) bond motifs is 1. The van der Waals surface area contributed by atoms with Gasteiger partial charge in [-0.05, 0) is 67.9 Å². The zero-order chi connectivity index (χ0) is 16.0. The summed E-state index contributed by atoms with van der Waals surface area (Å²) in [4.78, 5) is 12.3. The molecule has 0 spiro atoms. The molecular weight excluding hydrogens is 310 g/mol. The number of halogens is 1. The molecule has 1 amide bonds. The Bertz CT molecular complexity index is 686. The van der Waals surface area contributed by atoms with Gasteiger partial charge in [-0.25, -0.2) is 0 Å². The van der Waals surface area contributed by atoms with Crippen LogP contribution in [0.15, 0.2) is 42.7 Å². The predicted molar refractivity (Wildman–Crippen MR) is 89.3 cm³/mol. The summed E-state index contributed by atoms with van der Waals surface area (Å²) in [5, 5.41) is 8.15. The molecule has 1 aromatic carbocycles. The minimum atomic E-state index is -0.0113. The van der Waals surface area contributed by atoms with Crippen molar-refractivity contribution < 1.29 is 4.79 Å². The van der Waals surface area contributed by atoms with Crippen LogP contribution >= 0.6 is 11.6 Å². The van der Waals surface area contributed by atoms with Gasteiger partial charge in [-0.3, -0.25) is 9.48 Å². The first kappa shape index (κ1) is 14.8. The number of hydrogen-bond donors (Lipinski definition) is 1. The van der Waals surface area contributed by atoms with Crippen molar-refractivity contribution in [2.24, 2.45) is 17.8 Å². The lowest BCUT2D eigenvalue weighted by atomic mass is 10.0. The maximum atomic E-state index is 12.3. The van der Waals surface area contributed by atoms with Crippen molar-refractivity contribution in [1.29, 1.82) is 0 Å². The second-order valence-corrected chi connectivity index (χ2v) is 7.22. The molecule has 0 aliphatic heterocycles. The van der Waals surface area contributed by atoms with Crippen LogP contribution < -0.4 is 5.32 Å². The SMILES string of the molecule is CC(NC(=O)c1ccc(Cl)cc1)C1[C@H]2CC(n3cccn3)C[C@@H]12. The topological polar surface area (TPSA) is 46.9 Å². The quantitative estimate of drug-likeness (QED) is 0.932.